The zero-order chi connectivity index (χ0) is 10.8. The standard InChI is InChI=1S/C13H16ClF/c1-2-3-13(14)12-6-4-9-8-10(15)5-7-11(9)12/h5,7-8,12-13H,2-4,6H2,1H3. The molecule has 0 aromatic heterocycles. The van der Waals surface area contributed by atoms with Gasteiger partial charge in [-0.3, -0.25) is 0 Å². The van der Waals surface area contributed by atoms with Gasteiger partial charge >= 0.3 is 0 Å². The highest BCUT2D eigenvalue weighted by Crippen LogP contribution is 2.39. The van der Waals surface area contributed by atoms with Crippen LogP contribution in [0.1, 0.15) is 43.2 Å². The minimum atomic E-state index is -0.129. The summed E-state index contributed by atoms with van der Waals surface area (Å²) in [6.07, 6.45) is 4.21. The van der Waals surface area contributed by atoms with Crippen molar-refractivity contribution in [2.45, 2.75) is 43.9 Å². The van der Waals surface area contributed by atoms with Crippen LogP contribution in [0.5, 0.6) is 0 Å². The summed E-state index contributed by atoms with van der Waals surface area (Å²) in [6, 6.07) is 5.12. The topological polar surface area (TPSA) is 0 Å². The van der Waals surface area contributed by atoms with Crippen LogP contribution in [0.3, 0.4) is 0 Å². The smallest absolute Gasteiger partial charge is 0.123 e. The number of hydrogen-bond acceptors (Lipinski definition) is 0. The maximum absolute atomic E-state index is 13.0. The maximum Gasteiger partial charge on any atom is 0.123 e. The quantitative estimate of drug-likeness (QED) is 0.676. The van der Waals surface area contributed by atoms with Gasteiger partial charge in [-0.05, 0) is 42.5 Å². The first-order valence-corrected chi connectivity index (χ1v) is 6.08. The van der Waals surface area contributed by atoms with Crippen molar-refractivity contribution in [2.24, 2.45) is 0 Å². The number of fused-ring (bicyclic) bond motifs is 1. The van der Waals surface area contributed by atoms with Crippen LogP contribution in [0, 0.1) is 5.82 Å². The van der Waals surface area contributed by atoms with E-state index >= 15 is 0 Å². The molecule has 82 valence electrons. The third-order valence-corrected chi connectivity index (χ3v) is 3.75. The molecule has 0 bridgehead atoms. The SMILES string of the molecule is CCCC(Cl)C1CCc2cc(F)ccc21. The van der Waals surface area contributed by atoms with Crippen LogP contribution in [0.25, 0.3) is 0 Å². The molecule has 1 aliphatic rings. The van der Waals surface area contributed by atoms with E-state index in [1.54, 1.807) is 12.1 Å². The Balaban J connectivity index is 2.21. The second kappa shape index (κ2) is 4.52. The van der Waals surface area contributed by atoms with Gasteiger partial charge in [0.05, 0.1) is 0 Å². The lowest BCUT2D eigenvalue weighted by Crippen LogP contribution is -2.09. The van der Waals surface area contributed by atoms with Crippen LogP contribution < -0.4 is 0 Å². The normalized spacial score (nSPS) is 21.4. The summed E-state index contributed by atoms with van der Waals surface area (Å²) in [5.74, 6) is 0.304. The van der Waals surface area contributed by atoms with Crippen LogP contribution in [0.4, 0.5) is 4.39 Å². The monoisotopic (exact) mass is 226 g/mol. The third-order valence-electron chi connectivity index (χ3n) is 3.23. The lowest BCUT2D eigenvalue weighted by atomic mass is 9.95. The molecule has 0 N–H and O–H groups in total. The number of hydrogen-bond donors (Lipinski definition) is 0. The highest BCUT2D eigenvalue weighted by Gasteiger charge is 2.28. The van der Waals surface area contributed by atoms with E-state index in [1.807, 2.05) is 6.07 Å². The second-order valence-corrected chi connectivity index (χ2v) is 4.85. The van der Waals surface area contributed by atoms with E-state index in [1.165, 1.54) is 5.56 Å². The Morgan fingerprint density at radius 1 is 1.53 bits per heavy atom. The van der Waals surface area contributed by atoms with E-state index in [4.69, 9.17) is 11.6 Å². The van der Waals surface area contributed by atoms with Crippen molar-refractivity contribution < 1.29 is 4.39 Å². The fraction of sp³-hybridized carbons (Fsp3) is 0.538. The minimum Gasteiger partial charge on any atom is -0.207 e. The minimum absolute atomic E-state index is 0.129. The summed E-state index contributed by atoms with van der Waals surface area (Å²) in [5, 5.41) is 0.210. The average Bonchev–Trinajstić information content (AvgIpc) is 2.60. The predicted octanol–water partition coefficient (Wildman–Crippen LogP) is 4.26. The lowest BCUT2D eigenvalue weighted by molar-refractivity contribution is 0.589. The van der Waals surface area contributed by atoms with E-state index in [2.05, 4.69) is 6.92 Å². The summed E-state index contributed by atoms with van der Waals surface area (Å²) in [4.78, 5) is 0. The molecule has 2 unspecified atom stereocenters. The Labute approximate surface area is 95.4 Å². The molecule has 15 heavy (non-hydrogen) atoms. The summed E-state index contributed by atoms with van der Waals surface area (Å²) in [5.41, 5.74) is 2.42. The summed E-state index contributed by atoms with van der Waals surface area (Å²) in [6.45, 7) is 2.15. The number of halogens is 2. The Morgan fingerprint density at radius 2 is 2.33 bits per heavy atom. The highest BCUT2D eigenvalue weighted by molar-refractivity contribution is 6.21. The summed E-state index contributed by atoms with van der Waals surface area (Å²) in [7, 11) is 0. The zero-order valence-corrected chi connectivity index (χ0v) is 9.73. The van der Waals surface area contributed by atoms with Crippen LogP contribution in [-0.4, -0.2) is 5.38 Å². The zero-order valence-electron chi connectivity index (χ0n) is 8.97. The number of alkyl halides is 1. The Hall–Kier alpha value is -0.560. The number of aryl methyl sites for hydroxylation is 1. The molecule has 2 atom stereocenters. The van der Waals surface area contributed by atoms with Gasteiger partial charge in [0.25, 0.3) is 0 Å². The average molecular weight is 227 g/mol. The molecule has 0 saturated carbocycles. The molecule has 1 aromatic rings. The maximum atomic E-state index is 13.0. The molecule has 2 heteroatoms. The first-order chi connectivity index (χ1) is 7.22. The molecule has 2 rings (SSSR count). The van der Waals surface area contributed by atoms with Crippen molar-refractivity contribution in [2.75, 3.05) is 0 Å². The largest absolute Gasteiger partial charge is 0.207 e. The van der Waals surface area contributed by atoms with Crippen LogP contribution in [-0.2, 0) is 6.42 Å². The van der Waals surface area contributed by atoms with E-state index in [9.17, 15) is 4.39 Å². The number of benzene rings is 1. The van der Waals surface area contributed by atoms with Gasteiger partial charge in [-0.25, -0.2) is 4.39 Å². The fourth-order valence-electron chi connectivity index (χ4n) is 2.47. The summed E-state index contributed by atoms with van der Waals surface area (Å²) < 4.78 is 13.0. The fourth-order valence-corrected chi connectivity index (χ4v) is 2.95. The first kappa shape index (κ1) is 10.9. The van der Waals surface area contributed by atoms with Crippen molar-refractivity contribution >= 4 is 11.6 Å². The van der Waals surface area contributed by atoms with Gasteiger partial charge in [-0.15, -0.1) is 11.6 Å². The van der Waals surface area contributed by atoms with Gasteiger partial charge in [0.2, 0.25) is 0 Å². The van der Waals surface area contributed by atoms with E-state index in [0.717, 1.165) is 31.2 Å². The van der Waals surface area contributed by atoms with Gasteiger partial charge in [-0.2, -0.15) is 0 Å². The highest BCUT2D eigenvalue weighted by atomic mass is 35.5. The molecule has 1 aromatic carbocycles. The van der Waals surface area contributed by atoms with Gasteiger partial charge in [0.15, 0.2) is 0 Å². The Kier molecular flexibility index (Phi) is 3.30. The molecular weight excluding hydrogens is 211 g/mol. The van der Waals surface area contributed by atoms with E-state index in [-0.39, 0.29) is 11.2 Å². The number of rotatable bonds is 3. The van der Waals surface area contributed by atoms with Crippen molar-refractivity contribution in [1.82, 2.24) is 0 Å². The Morgan fingerprint density at radius 3 is 3.07 bits per heavy atom. The van der Waals surface area contributed by atoms with Crippen LogP contribution in [0.15, 0.2) is 18.2 Å². The molecule has 0 heterocycles. The summed E-state index contributed by atoms with van der Waals surface area (Å²) >= 11 is 6.36. The Bertz CT molecular complexity index is 348. The second-order valence-electron chi connectivity index (χ2n) is 4.29. The molecule has 0 nitrogen and oxygen atoms in total. The van der Waals surface area contributed by atoms with Crippen molar-refractivity contribution in [1.29, 1.82) is 0 Å². The lowest BCUT2D eigenvalue weighted by Gasteiger charge is -2.17. The van der Waals surface area contributed by atoms with Crippen molar-refractivity contribution in [3.63, 3.8) is 0 Å². The van der Waals surface area contributed by atoms with Gasteiger partial charge in [-0.1, -0.05) is 19.4 Å². The molecule has 0 aliphatic heterocycles. The van der Waals surface area contributed by atoms with Gasteiger partial charge in [0, 0.05) is 11.3 Å². The molecular formula is C13H16ClF. The van der Waals surface area contributed by atoms with Crippen LogP contribution in [0.2, 0.25) is 0 Å². The molecule has 0 saturated heterocycles. The van der Waals surface area contributed by atoms with E-state index < -0.39 is 0 Å². The molecule has 0 fully saturated rings. The van der Waals surface area contributed by atoms with Crippen LogP contribution >= 0.6 is 11.6 Å². The third kappa shape index (κ3) is 2.17. The van der Waals surface area contributed by atoms with Crippen molar-refractivity contribution in [3.8, 4) is 0 Å². The molecule has 0 radical (unpaired) electrons. The molecule has 1 aliphatic carbocycles. The predicted molar refractivity (Wildman–Crippen MR) is 62.0 cm³/mol. The van der Waals surface area contributed by atoms with Gasteiger partial charge in [0.1, 0.15) is 5.82 Å². The van der Waals surface area contributed by atoms with E-state index in [0.29, 0.717) is 5.92 Å². The first-order valence-electron chi connectivity index (χ1n) is 5.64. The van der Waals surface area contributed by atoms with Crippen molar-refractivity contribution in [3.05, 3.63) is 35.1 Å². The molecule has 0 spiro atoms. The molecule has 0 amide bonds. The van der Waals surface area contributed by atoms with Gasteiger partial charge < -0.3 is 0 Å².